The van der Waals surface area contributed by atoms with Crippen molar-refractivity contribution in [2.24, 2.45) is 5.41 Å². The van der Waals surface area contributed by atoms with Crippen LogP contribution in [0.4, 0.5) is 10.5 Å². The van der Waals surface area contributed by atoms with E-state index < -0.39 is 23.6 Å². The van der Waals surface area contributed by atoms with E-state index in [1.807, 2.05) is 6.07 Å². The second kappa shape index (κ2) is 10.8. The summed E-state index contributed by atoms with van der Waals surface area (Å²) in [5.41, 5.74) is 0.689. The van der Waals surface area contributed by atoms with E-state index in [1.165, 1.54) is 6.08 Å². The summed E-state index contributed by atoms with van der Waals surface area (Å²) in [7, 11) is 0. The Bertz CT molecular complexity index is 959. The lowest BCUT2D eigenvalue weighted by Gasteiger charge is -2.31. The van der Waals surface area contributed by atoms with Gasteiger partial charge in [-0.2, -0.15) is 5.26 Å². The van der Waals surface area contributed by atoms with Gasteiger partial charge in [-0.05, 0) is 42.0 Å². The van der Waals surface area contributed by atoms with Gasteiger partial charge in [0.1, 0.15) is 18.5 Å². The van der Waals surface area contributed by atoms with Crippen LogP contribution in [0.15, 0.2) is 60.7 Å². The van der Waals surface area contributed by atoms with Crippen molar-refractivity contribution >= 4 is 17.7 Å². The number of hydrogen-bond acceptors (Lipinski definition) is 6. The molecule has 0 radical (unpaired) electrons. The van der Waals surface area contributed by atoms with Gasteiger partial charge < -0.3 is 19.7 Å². The first-order valence-corrected chi connectivity index (χ1v) is 9.49. The number of aliphatic hydroxyl groups excluding tert-OH is 1. The molecule has 0 heterocycles. The van der Waals surface area contributed by atoms with Gasteiger partial charge in [-0.25, -0.2) is 9.59 Å². The number of amides is 1. The number of carboxylic acids is 1. The van der Waals surface area contributed by atoms with E-state index in [0.717, 1.165) is 6.08 Å². The van der Waals surface area contributed by atoms with E-state index in [1.54, 1.807) is 62.4 Å². The summed E-state index contributed by atoms with van der Waals surface area (Å²) in [6.45, 7) is 3.54. The molecule has 0 spiro atoms. The van der Waals surface area contributed by atoms with Crippen molar-refractivity contribution in [2.75, 3.05) is 18.5 Å². The van der Waals surface area contributed by atoms with Gasteiger partial charge in [-0.1, -0.05) is 32.1 Å². The Hall–Kier alpha value is -3.83. The zero-order valence-electron chi connectivity index (χ0n) is 17.2. The number of carbonyl (C=O) groups is 2. The molecule has 0 aliphatic carbocycles. The Morgan fingerprint density at radius 2 is 1.81 bits per heavy atom. The molecule has 0 aliphatic heterocycles. The third-order valence-corrected chi connectivity index (χ3v) is 4.36. The molecule has 0 unspecified atom stereocenters. The van der Waals surface area contributed by atoms with Crippen molar-refractivity contribution in [3.63, 3.8) is 0 Å². The van der Waals surface area contributed by atoms with Crippen molar-refractivity contribution in [1.29, 1.82) is 5.26 Å². The molecule has 0 saturated carbocycles. The Morgan fingerprint density at radius 1 is 1.16 bits per heavy atom. The Morgan fingerprint density at radius 3 is 2.35 bits per heavy atom. The highest BCUT2D eigenvalue weighted by molar-refractivity contribution is 5.85. The first-order valence-electron chi connectivity index (χ1n) is 9.49. The van der Waals surface area contributed by atoms with Gasteiger partial charge in [0.2, 0.25) is 0 Å². The number of aliphatic carboxylic acids is 1. The molecule has 0 saturated heterocycles. The third-order valence-electron chi connectivity index (χ3n) is 4.36. The van der Waals surface area contributed by atoms with Crippen LogP contribution in [0.3, 0.4) is 0 Å². The molecule has 8 heteroatoms. The van der Waals surface area contributed by atoms with E-state index in [0.29, 0.717) is 22.6 Å². The number of nitrogens with zero attached hydrogens (tertiary/aromatic N) is 1. The number of carbonyl (C=O) groups excluding carboxylic acids is 1. The van der Waals surface area contributed by atoms with Gasteiger partial charge in [0, 0.05) is 17.2 Å². The zero-order chi connectivity index (χ0) is 22.9. The predicted octanol–water partition coefficient (Wildman–Crippen LogP) is 3.89. The number of benzene rings is 2. The summed E-state index contributed by atoms with van der Waals surface area (Å²) in [5.74, 6) is -0.570. The maximum absolute atomic E-state index is 12.6. The first kappa shape index (κ1) is 23.4. The molecule has 0 bridgehead atoms. The molecule has 162 valence electrons. The first-order chi connectivity index (χ1) is 14.7. The SMILES string of the molecule is CC(C)(/C=C/C(=O)O)[C@H](OC(=O)Nc1ccc(C#N)cc1)c1ccc(OCCO)cc1. The second-order valence-electron chi connectivity index (χ2n) is 7.23. The number of rotatable bonds is 9. The minimum atomic E-state index is -1.11. The van der Waals surface area contributed by atoms with Crippen LogP contribution in [0.25, 0.3) is 0 Å². The molecule has 2 rings (SSSR count). The van der Waals surface area contributed by atoms with Crippen LogP contribution < -0.4 is 10.1 Å². The largest absolute Gasteiger partial charge is 0.491 e. The molecule has 3 N–H and O–H groups in total. The molecule has 1 amide bonds. The fourth-order valence-electron chi connectivity index (χ4n) is 2.81. The van der Waals surface area contributed by atoms with Crippen LogP contribution >= 0.6 is 0 Å². The maximum atomic E-state index is 12.6. The Kier molecular flexibility index (Phi) is 8.17. The lowest BCUT2D eigenvalue weighted by Crippen LogP contribution is -2.27. The minimum absolute atomic E-state index is 0.115. The number of hydrogen-bond donors (Lipinski definition) is 3. The van der Waals surface area contributed by atoms with Crippen molar-refractivity contribution in [3.05, 3.63) is 71.8 Å². The lowest BCUT2D eigenvalue weighted by atomic mass is 9.82. The van der Waals surface area contributed by atoms with Crippen LogP contribution in [0.1, 0.15) is 31.1 Å². The zero-order valence-corrected chi connectivity index (χ0v) is 17.2. The minimum Gasteiger partial charge on any atom is -0.491 e. The fraction of sp³-hybridized carbons (Fsp3) is 0.261. The predicted molar refractivity (Wildman–Crippen MR) is 114 cm³/mol. The van der Waals surface area contributed by atoms with E-state index in [2.05, 4.69) is 5.32 Å². The third kappa shape index (κ3) is 7.17. The normalized spacial score (nSPS) is 12.1. The van der Waals surface area contributed by atoms with Gasteiger partial charge >= 0.3 is 12.1 Å². The second-order valence-corrected chi connectivity index (χ2v) is 7.23. The van der Waals surface area contributed by atoms with Gasteiger partial charge in [0.05, 0.1) is 18.2 Å². The number of nitrogens with one attached hydrogen (secondary N) is 1. The summed E-state index contributed by atoms with van der Waals surface area (Å²) >= 11 is 0. The summed E-state index contributed by atoms with van der Waals surface area (Å²) < 4.78 is 11.0. The summed E-state index contributed by atoms with van der Waals surface area (Å²) in [6.07, 6.45) is 0.930. The van der Waals surface area contributed by atoms with Crippen molar-refractivity contribution in [3.8, 4) is 11.8 Å². The van der Waals surface area contributed by atoms with E-state index in [9.17, 15) is 9.59 Å². The van der Waals surface area contributed by atoms with E-state index >= 15 is 0 Å². The van der Waals surface area contributed by atoms with Crippen molar-refractivity contribution in [2.45, 2.75) is 20.0 Å². The standard InChI is InChI=1S/C23H24N2O6/c1-23(2,12-11-20(27)28)21(17-5-9-19(10-6-17)30-14-13-26)31-22(29)25-18-7-3-16(15-24)4-8-18/h3-12,21,26H,13-14H2,1-2H3,(H,25,29)(H,27,28)/b12-11+/t21-/m1/s1. The number of anilines is 1. The quantitative estimate of drug-likeness (QED) is 0.521. The highest BCUT2D eigenvalue weighted by Gasteiger charge is 2.32. The summed E-state index contributed by atoms with van der Waals surface area (Å²) in [5, 5.41) is 29.3. The smallest absolute Gasteiger partial charge is 0.412 e. The molecule has 2 aromatic rings. The monoisotopic (exact) mass is 424 g/mol. The molecular weight excluding hydrogens is 400 g/mol. The molecule has 0 aromatic heterocycles. The molecule has 0 aliphatic rings. The van der Waals surface area contributed by atoms with Gasteiger partial charge in [-0.3, -0.25) is 5.32 Å². The van der Waals surface area contributed by atoms with Crippen LogP contribution in [0.5, 0.6) is 5.75 Å². The van der Waals surface area contributed by atoms with Gasteiger partial charge in [-0.15, -0.1) is 0 Å². The summed E-state index contributed by atoms with van der Waals surface area (Å²) in [4.78, 5) is 23.6. The number of carboxylic acid groups (broad SMARTS) is 1. The Labute approximate surface area is 180 Å². The number of nitriles is 1. The lowest BCUT2D eigenvalue weighted by molar-refractivity contribution is -0.131. The van der Waals surface area contributed by atoms with Crippen LogP contribution in [0, 0.1) is 16.7 Å². The van der Waals surface area contributed by atoms with E-state index in [4.69, 9.17) is 24.9 Å². The van der Waals surface area contributed by atoms with Crippen molar-refractivity contribution < 1.29 is 29.3 Å². The molecule has 1 atom stereocenters. The van der Waals surface area contributed by atoms with Crippen LogP contribution in [-0.2, 0) is 9.53 Å². The highest BCUT2D eigenvalue weighted by Crippen LogP contribution is 2.38. The van der Waals surface area contributed by atoms with Crippen molar-refractivity contribution in [1.82, 2.24) is 0 Å². The average Bonchev–Trinajstić information content (AvgIpc) is 2.75. The van der Waals surface area contributed by atoms with Gasteiger partial charge in [0.15, 0.2) is 0 Å². The van der Waals surface area contributed by atoms with Gasteiger partial charge in [0.25, 0.3) is 0 Å². The molecular formula is C23H24N2O6. The average molecular weight is 424 g/mol. The number of aliphatic hydroxyl groups is 1. The van der Waals surface area contributed by atoms with Crippen LogP contribution in [0.2, 0.25) is 0 Å². The number of ether oxygens (including phenoxy) is 2. The molecule has 0 fully saturated rings. The topological polar surface area (TPSA) is 129 Å². The molecule has 2 aromatic carbocycles. The summed E-state index contributed by atoms with van der Waals surface area (Å²) in [6, 6.07) is 15.1. The fourth-order valence-corrected chi connectivity index (χ4v) is 2.81. The Balaban J connectivity index is 2.25. The van der Waals surface area contributed by atoms with E-state index in [-0.39, 0.29) is 13.2 Å². The molecule has 31 heavy (non-hydrogen) atoms. The maximum Gasteiger partial charge on any atom is 0.412 e. The highest BCUT2D eigenvalue weighted by atomic mass is 16.6. The van der Waals surface area contributed by atoms with Crippen LogP contribution in [-0.4, -0.2) is 35.5 Å². The molecule has 8 nitrogen and oxygen atoms in total.